The number of hydrogen-bond acceptors (Lipinski definition) is 7. The summed E-state index contributed by atoms with van der Waals surface area (Å²) in [5.41, 5.74) is 0.917. The van der Waals surface area contributed by atoms with Gasteiger partial charge in [0, 0.05) is 25.3 Å². The van der Waals surface area contributed by atoms with Crippen molar-refractivity contribution in [2.45, 2.75) is 25.8 Å². The molecule has 1 fully saturated rings. The van der Waals surface area contributed by atoms with Crippen molar-refractivity contribution in [3.05, 3.63) is 35.5 Å². The topological polar surface area (TPSA) is 109 Å². The van der Waals surface area contributed by atoms with Crippen LogP contribution in [0.5, 0.6) is 11.5 Å². The molecule has 1 aromatic carbocycles. The van der Waals surface area contributed by atoms with Crippen LogP contribution in [0.4, 0.5) is 0 Å². The molecule has 1 amide bonds. The van der Waals surface area contributed by atoms with E-state index < -0.39 is 15.7 Å². The lowest BCUT2D eigenvalue weighted by Gasteiger charge is -2.25. The number of rotatable bonds is 9. The van der Waals surface area contributed by atoms with E-state index in [0.29, 0.717) is 37.4 Å². The van der Waals surface area contributed by atoms with E-state index in [-0.39, 0.29) is 23.1 Å². The van der Waals surface area contributed by atoms with Gasteiger partial charge in [0.1, 0.15) is 11.6 Å². The van der Waals surface area contributed by atoms with Gasteiger partial charge in [-0.1, -0.05) is 6.07 Å². The van der Waals surface area contributed by atoms with Gasteiger partial charge in [-0.25, -0.2) is 8.42 Å². The number of amides is 1. The molecule has 1 unspecified atom stereocenters. The van der Waals surface area contributed by atoms with Gasteiger partial charge >= 0.3 is 0 Å². The normalized spacial score (nSPS) is 18.0. The predicted molar refractivity (Wildman–Crippen MR) is 109 cm³/mol. The number of nitrogens with zero attached hydrogens (tertiary/aromatic N) is 2. The van der Waals surface area contributed by atoms with Gasteiger partial charge in [-0.05, 0) is 37.5 Å². The predicted octanol–water partition coefficient (Wildman–Crippen LogP) is 1.28. The summed E-state index contributed by atoms with van der Waals surface area (Å²) in [6, 6.07) is 7.23. The molecule has 9 heteroatoms. The number of carbonyl (C=O) groups excluding carboxylic acids is 1. The third kappa shape index (κ3) is 6.12. The molecule has 1 aliphatic heterocycles. The first-order chi connectivity index (χ1) is 13.8. The molecule has 1 saturated heterocycles. The van der Waals surface area contributed by atoms with E-state index >= 15 is 0 Å². The fourth-order valence-corrected chi connectivity index (χ4v) is 4.99. The first-order valence-corrected chi connectivity index (χ1v) is 11.2. The van der Waals surface area contributed by atoms with Crippen molar-refractivity contribution in [3.8, 4) is 17.6 Å². The number of sulfone groups is 1. The van der Waals surface area contributed by atoms with E-state index in [4.69, 9.17) is 9.47 Å². The Morgan fingerprint density at radius 2 is 2.07 bits per heavy atom. The molecule has 0 radical (unpaired) electrons. The molecule has 0 aromatic heterocycles. The molecule has 0 saturated carbocycles. The number of ether oxygens (including phenoxy) is 2. The first-order valence-electron chi connectivity index (χ1n) is 9.40. The zero-order chi connectivity index (χ0) is 21.4. The Morgan fingerprint density at radius 1 is 1.34 bits per heavy atom. The lowest BCUT2D eigenvalue weighted by molar-refractivity contribution is -0.117. The maximum Gasteiger partial charge on any atom is 0.263 e. The Hall–Kier alpha value is -2.73. The fraction of sp³-hybridized carbons (Fsp3) is 0.500. The molecule has 1 aromatic rings. The minimum Gasteiger partial charge on any atom is -0.493 e. The van der Waals surface area contributed by atoms with Gasteiger partial charge in [0.2, 0.25) is 0 Å². The van der Waals surface area contributed by atoms with E-state index in [0.717, 1.165) is 5.56 Å². The van der Waals surface area contributed by atoms with E-state index in [1.54, 1.807) is 25.2 Å². The molecule has 158 valence electrons. The largest absolute Gasteiger partial charge is 0.493 e. The minimum atomic E-state index is -3.04. The second-order valence-electron chi connectivity index (χ2n) is 6.74. The van der Waals surface area contributed by atoms with Gasteiger partial charge in [0.25, 0.3) is 5.91 Å². The van der Waals surface area contributed by atoms with Crippen LogP contribution in [0.3, 0.4) is 0 Å². The Balaban J connectivity index is 1.97. The highest BCUT2D eigenvalue weighted by atomic mass is 32.2. The van der Waals surface area contributed by atoms with Crippen LogP contribution in [0.1, 0.15) is 18.9 Å². The van der Waals surface area contributed by atoms with Crippen molar-refractivity contribution in [2.75, 3.05) is 38.8 Å². The second-order valence-corrected chi connectivity index (χ2v) is 8.97. The quantitative estimate of drug-likeness (QED) is 0.472. The summed E-state index contributed by atoms with van der Waals surface area (Å²) >= 11 is 0. The number of nitriles is 1. The Morgan fingerprint density at radius 3 is 2.62 bits per heavy atom. The Kier molecular flexibility index (Phi) is 7.91. The lowest BCUT2D eigenvalue weighted by atomic mass is 10.1. The van der Waals surface area contributed by atoms with Crippen LogP contribution in [-0.4, -0.2) is 64.1 Å². The van der Waals surface area contributed by atoms with E-state index in [1.165, 1.54) is 6.20 Å². The Labute approximate surface area is 172 Å². The molecule has 2 rings (SSSR count). The maximum atomic E-state index is 12.4. The van der Waals surface area contributed by atoms with Crippen molar-refractivity contribution in [1.29, 1.82) is 5.26 Å². The number of nitrogens with one attached hydrogen (secondary N) is 1. The summed E-state index contributed by atoms with van der Waals surface area (Å²) in [5, 5.41) is 12.1. The average molecular weight is 422 g/mol. The third-order valence-corrected chi connectivity index (χ3v) is 6.60. The zero-order valence-electron chi connectivity index (χ0n) is 17.0. The standard InChI is InChI=1S/C20H27N3O5S/c1-4-23(17-8-10-29(25,26)14-17)13-16(12-21)20(24)22-9-7-15-5-6-18(27-2)19(11-15)28-3/h5-6,11,13,17H,4,7-10,14H2,1-3H3,(H,22,24)/b16-13-. The molecule has 1 aliphatic rings. The summed E-state index contributed by atoms with van der Waals surface area (Å²) in [6.07, 6.45) is 2.53. The molecule has 8 nitrogen and oxygen atoms in total. The second kappa shape index (κ2) is 10.2. The van der Waals surface area contributed by atoms with Crippen LogP contribution >= 0.6 is 0 Å². The van der Waals surface area contributed by atoms with Gasteiger partial charge in [0.05, 0.1) is 25.7 Å². The van der Waals surface area contributed by atoms with Gasteiger partial charge < -0.3 is 19.7 Å². The van der Waals surface area contributed by atoms with E-state index in [1.807, 2.05) is 25.1 Å². The van der Waals surface area contributed by atoms with Crippen molar-refractivity contribution >= 4 is 15.7 Å². The Bertz CT molecular complexity index is 905. The molecular formula is C20H27N3O5S. The molecule has 1 heterocycles. The number of methoxy groups -OCH3 is 2. The summed E-state index contributed by atoms with van der Waals surface area (Å²) in [5.74, 6) is 0.952. The number of benzene rings is 1. The highest BCUT2D eigenvalue weighted by molar-refractivity contribution is 7.91. The average Bonchev–Trinajstić information content (AvgIpc) is 3.08. The van der Waals surface area contributed by atoms with Gasteiger partial charge in [-0.2, -0.15) is 5.26 Å². The van der Waals surface area contributed by atoms with Gasteiger partial charge in [-0.15, -0.1) is 0 Å². The van der Waals surface area contributed by atoms with Crippen molar-refractivity contribution in [2.24, 2.45) is 0 Å². The van der Waals surface area contributed by atoms with Gasteiger partial charge in [0.15, 0.2) is 21.3 Å². The molecule has 0 spiro atoms. The van der Waals surface area contributed by atoms with Crippen LogP contribution in [0, 0.1) is 11.3 Å². The third-order valence-electron chi connectivity index (χ3n) is 4.85. The van der Waals surface area contributed by atoms with Crippen LogP contribution in [0.15, 0.2) is 30.0 Å². The highest BCUT2D eigenvalue weighted by Crippen LogP contribution is 2.27. The molecule has 29 heavy (non-hydrogen) atoms. The summed E-state index contributed by atoms with van der Waals surface area (Å²) in [6.45, 7) is 2.73. The number of hydrogen-bond donors (Lipinski definition) is 1. The van der Waals surface area contributed by atoms with Crippen LogP contribution in [-0.2, 0) is 21.1 Å². The molecule has 0 bridgehead atoms. The lowest BCUT2D eigenvalue weighted by Crippen LogP contribution is -2.34. The van der Waals surface area contributed by atoms with Crippen molar-refractivity contribution in [1.82, 2.24) is 10.2 Å². The molecule has 1 atom stereocenters. The minimum absolute atomic E-state index is 0.0385. The fourth-order valence-electron chi connectivity index (χ4n) is 3.25. The summed E-state index contributed by atoms with van der Waals surface area (Å²) < 4.78 is 33.9. The van der Waals surface area contributed by atoms with Crippen LogP contribution < -0.4 is 14.8 Å². The molecular weight excluding hydrogens is 394 g/mol. The zero-order valence-corrected chi connectivity index (χ0v) is 17.8. The highest BCUT2D eigenvalue weighted by Gasteiger charge is 2.31. The van der Waals surface area contributed by atoms with Crippen LogP contribution in [0.2, 0.25) is 0 Å². The van der Waals surface area contributed by atoms with Crippen molar-refractivity contribution in [3.63, 3.8) is 0 Å². The van der Waals surface area contributed by atoms with Crippen LogP contribution in [0.25, 0.3) is 0 Å². The maximum absolute atomic E-state index is 12.4. The first kappa shape index (κ1) is 22.6. The summed E-state index contributed by atoms with van der Waals surface area (Å²) in [7, 11) is 0.0790. The molecule has 1 N–H and O–H groups in total. The monoisotopic (exact) mass is 421 g/mol. The van der Waals surface area contributed by atoms with Gasteiger partial charge in [-0.3, -0.25) is 4.79 Å². The number of carbonyl (C=O) groups is 1. The summed E-state index contributed by atoms with van der Waals surface area (Å²) in [4.78, 5) is 14.2. The van der Waals surface area contributed by atoms with Crippen molar-refractivity contribution < 1.29 is 22.7 Å². The smallest absolute Gasteiger partial charge is 0.263 e. The van der Waals surface area contributed by atoms with E-state index in [9.17, 15) is 18.5 Å². The molecule has 0 aliphatic carbocycles. The van der Waals surface area contributed by atoms with E-state index in [2.05, 4.69) is 5.32 Å². The SMILES string of the molecule is CCN(/C=C(/C#N)C(=O)NCCc1ccc(OC)c(OC)c1)C1CCS(=O)(=O)C1.